The van der Waals surface area contributed by atoms with Crippen LogP contribution in [-0.4, -0.2) is 4.98 Å². The van der Waals surface area contributed by atoms with E-state index < -0.39 is 6.17 Å². The van der Waals surface area contributed by atoms with E-state index in [2.05, 4.69) is 4.98 Å². The Morgan fingerprint density at radius 1 is 1.42 bits per heavy atom. The van der Waals surface area contributed by atoms with Gasteiger partial charge in [-0.1, -0.05) is 26.8 Å². The molecule has 0 aliphatic carbocycles. The first-order valence-electron chi connectivity index (χ1n) is 4.39. The van der Waals surface area contributed by atoms with Crippen molar-refractivity contribution >= 4 is 0 Å². The van der Waals surface area contributed by atoms with Crippen LogP contribution in [-0.2, 0) is 0 Å². The first kappa shape index (κ1) is 11.1. The molecular formula is C10H16FN. The van der Waals surface area contributed by atoms with Crippen LogP contribution in [0.4, 0.5) is 4.39 Å². The normalized spacial score (nSPS) is 11.3. The van der Waals surface area contributed by atoms with Gasteiger partial charge in [-0.25, -0.2) is 4.39 Å². The predicted octanol–water partition coefficient (Wildman–Crippen LogP) is 3.53. The molecule has 1 nitrogen and oxygen atoms in total. The minimum atomic E-state index is -0.902. The molecule has 1 aromatic heterocycles. The molecule has 0 aliphatic rings. The number of pyridine rings is 1. The summed E-state index contributed by atoms with van der Waals surface area (Å²) in [5, 5.41) is 0. The molecule has 0 aliphatic heterocycles. The number of rotatable bonds is 2. The average molecular weight is 169 g/mol. The molecule has 12 heavy (non-hydrogen) atoms. The van der Waals surface area contributed by atoms with E-state index in [-0.39, 0.29) is 0 Å². The predicted molar refractivity (Wildman–Crippen MR) is 49.7 cm³/mol. The third kappa shape index (κ3) is 3.46. The van der Waals surface area contributed by atoms with E-state index in [1.54, 1.807) is 31.3 Å². The van der Waals surface area contributed by atoms with Gasteiger partial charge in [-0.15, -0.1) is 0 Å². The molecule has 0 radical (unpaired) electrons. The van der Waals surface area contributed by atoms with Crippen molar-refractivity contribution in [1.82, 2.24) is 4.98 Å². The maximum Gasteiger partial charge on any atom is 0.142 e. The molecule has 0 fully saturated rings. The topological polar surface area (TPSA) is 12.9 Å². The van der Waals surface area contributed by atoms with Gasteiger partial charge < -0.3 is 0 Å². The Hall–Kier alpha value is -0.920. The van der Waals surface area contributed by atoms with E-state index in [0.29, 0.717) is 12.1 Å². The van der Waals surface area contributed by atoms with Crippen molar-refractivity contribution in [3.05, 3.63) is 30.1 Å². The molecule has 1 heterocycles. The molecule has 2 heteroatoms. The SMILES string of the molecule is CC.CCC(F)c1ccccn1. The summed E-state index contributed by atoms with van der Waals surface area (Å²) >= 11 is 0. The van der Waals surface area contributed by atoms with Crippen LogP contribution in [0, 0.1) is 0 Å². The third-order valence-electron chi connectivity index (χ3n) is 1.37. The summed E-state index contributed by atoms with van der Waals surface area (Å²) in [4.78, 5) is 3.87. The van der Waals surface area contributed by atoms with Crippen molar-refractivity contribution in [2.24, 2.45) is 0 Å². The first-order valence-corrected chi connectivity index (χ1v) is 4.39. The summed E-state index contributed by atoms with van der Waals surface area (Å²) in [7, 11) is 0. The van der Waals surface area contributed by atoms with Crippen molar-refractivity contribution in [3.8, 4) is 0 Å². The van der Waals surface area contributed by atoms with E-state index >= 15 is 0 Å². The van der Waals surface area contributed by atoms with Crippen molar-refractivity contribution in [3.63, 3.8) is 0 Å². The Morgan fingerprint density at radius 3 is 2.50 bits per heavy atom. The molecule has 68 valence electrons. The highest BCUT2D eigenvalue weighted by Crippen LogP contribution is 2.16. The van der Waals surface area contributed by atoms with Crippen LogP contribution < -0.4 is 0 Å². The molecule has 0 N–H and O–H groups in total. The molecule has 0 saturated carbocycles. The van der Waals surface area contributed by atoms with E-state index in [9.17, 15) is 4.39 Å². The van der Waals surface area contributed by atoms with E-state index in [0.717, 1.165) is 0 Å². The molecule has 0 bridgehead atoms. The largest absolute Gasteiger partial charge is 0.258 e. The lowest BCUT2D eigenvalue weighted by atomic mass is 10.2. The van der Waals surface area contributed by atoms with Gasteiger partial charge in [0.25, 0.3) is 0 Å². The number of halogens is 1. The van der Waals surface area contributed by atoms with Crippen LogP contribution in [0.5, 0.6) is 0 Å². The Kier molecular flexibility index (Phi) is 6.25. The van der Waals surface area contributed by atoms with Gasteiger partial charge in [0.2, 0.25) is 0 Å². The fraction of sp³-hybridized carbons (Fsp3) is 0.500. The van der Waals surface area contributed by atoms with Crippen LogP contribution in [0.2, 0.25) is 0 Å². The van der Waals surface area contributed by atoms with Crippen LogP contribution in [0.1, 0.15) is 39.1 Å². The Balaban J connectivity index is 0.000000561. The second-order valence-corrected chi connectivity index (χ2v) is 2.13. The van der Waals surface area contributed by atoms with Gasteiger partial charge in [-0.05, 0) is 18.6 Å². The second-order valence-electron chi connectivity index (χ2n) is 2.13. The Labute approximate surface area is 73.6 Å². The smallest absolute Gasteiger partial charge is 0.142 e. The summed E-state index contributed by atoms with van der Waals surface area (Å²) in [5.74, 6) is 0. The second kappa shape index (κ2) is 6.77. The summed E-state index contributed by atoms with van der Waals surface area (Å²) in [6.07, 6.45) is 1.20. The maximum atomic E-state index is 12.8. The fourth-order valence-electron chi connectivity index (χ4n) is 0.770. The van der Waals surface area contributed by atoms with E-state index in [4.69, 9.17) is 0 Å². The van der Waals surface area contributed by atoms with Gasteiger partial charge in [0.05, 0.1) is 5.69 Å². The summed E-state index contributed by atoms with van der Waals surface area (Å²) in [5.41, 5.74) is 0.532. The van der Waals surface area contributed by atoms with Gasteiger partial charge in [0.15, 0.2) is 0 Å². The molecule has 1 atom stereocenters. The van der Waals surface area contributed by atoms with E-state index in [1.165, 1.54) is 0 Å². The number of hydrogen-bond donors (Lipinski definition) is 0. The summed E-state index contributed by atoms with van der Waals surface area (Å²) in [6, 6.07) is 5.28. The molecule has 0 spiro atoms. The molecular weight excluding hydrogens is 153 g/mol. The number of aromatic nitrogens is 1. The maximum absolute atomic E-state index is 12.8. The minimum absolute atomic E-state index is 0.497. The quantitative estimate of drug-likeness (QED) is 0.660. The highest BCUT2D eigenvalue weighted by atomic mass is 19.1. The zero-order valence-corrected chi connectivity index (χ0v) is 7.92. The molecule has 0 aromatic carbocycles. The summed E-state index contributed by atoms with van der Waals surface area (Å²) < 4.78 is 12.8. The van der Waals surface area contributed by atoms with Crippen LogP contribution in [0.25, 0.3) is 0 Å². The van der Waals surface area contributed by atoms with Crippen LogP contribution in [0.3, 0.4) is 0 Å². The van der Waals surface area contributed by atoms with Gasteiger partial charge in [-0.2, -0.15) is 0 Å². The lowest BCUT2D eigenvalue weighted by molar-refractivity contribution is 0.327. The van der Waals surface area contributed by atoms with Gasteiger partial charge in [-0.3, -0.25) is 4.98 Å². The molecule has 0 saturated heterocycles. The van der Waals surface area contributed by atoms with Gasteiger partial charge >= 0.3 is 0 Å². The van der Waals surface area contributed by atoms with Crippen molar-refractivity contribution in [1.29, 1.82) is 0 Å². The number of hydrogen-bond acceptors (Lipinski definition) is 1. The van der Waals surface area contributed by atoms with E-state index in [1.807, 2.05) is 13.8 Å². The lowest BCUT2D eigenvalue weighted by Gasteiger charge is -2.01. The van der Waals surface area contributed by atoms with Crippen LogP contribution in [0.15, 0.2) is 24.4 Å². The Bertz CT molecular complexity index is 186. The first-order chi connectivity index (χ1) is 5.84. The average Bonchev–Trinajstić information content (AvgIpc) is 2.21. The number of alkyl halides is 1. The monoisotopic (exact) mass is 169 g/mol. The Morgan fingerprint density at radius 2 is 2.08 bits per heavy atom. The standard InChI is InChI=1S/C8H10FN.C2H6/c1-2-7(9)8-5-3-4-6-10-8;1-2/h3-7H,2H2,1H3;1-2H3. The van der Waals surface area contributed by atoms with Gasteiger partial charge in [0.1, 0.15) is 6.17 Å². The molecule has 1 aromatic rings. The zero-order valence-electron chi connectivity index (χ0n) is 7.92. The number of nitrogens with zero attached hydrogens (tertiary/aromatic N) is 1. The van der Waals surface area contributed by atoms with Gasteiger partial charge in [0, 0.05) is 6.20 Å². The van der Waals surface area contributed by atoms with Crippen molar-refractivity contribution in [2.45, 2.75) is 33.4 Å². The lowest BCUT2D eigenvalue weighted by Crippen LogP contribution is -1.91. The highest BCUT2D eigenvalue weighted by molar-refractivity contribution is 5.06. The third-order valence-corrected chi connectivity index (χ3v) is 1.37. The molecule has 1 unspecified atom stereocenters. The fourth-order valence-corrected chi connectivity index (χ4v) is 0.770. The van der Waals surface area contributed by atoms with Crippen molar-refractivity contribution in [2.75, 3.05) is 0 Å². The highest BCUT2D eigenvalue weighted by Gasteiger charge is 2.05. The zero-order chi connectivity index (χ0) is 9.40. The molecule has 0 amide bonds. The van der Waals surface area contributed by atoms with Crippen molar-refractivity contribution < 1.29 is 4.39 Å². The van der Waals surface area contributed by atoms with Crippen LogP contribution >= 0.6 is 0 Å². The summed E-state index contributed by atoms with van der Waals surface area (Å²) in [6.45, 7) is 5.80. The molecule has 1 rings (SSSR count). The minimum Gasteiger partial charge on any atom is -0.258 e.